The highest BCUT2D eigenvalue weighted by Crippen LogP contribution is 2.33. The maximum absolute atomic E-state index is 5.89. The number of hydrazone groups is 1. The SMILES string of the molecule is C(=N/Nc1nc(N2CCOCC2)nc(N(c2ccccc2)c2ccccc2)n1)/c1ccc(OCc2ccccc2)cc1. The highest BCUT2D eigenvalue weighted by molar-refractivity contribution is 5.80. The number of nitrogens with zero attached hydrogens (tertiary/aromatic N) is 6. The van der Waals surface area contributed by atoms with Gasteiger partial charge in [0.2, 0.25) is 17.8 Å². The van der Waals surface area contributed by atoms with E-state index < -0.39 is 0 Å². The molecule has 4 aromatic carbocycles. The Morgan fingerprint density at radius 1 is 0.762 bits per heavy atom. The molecule has 1 fully saturated rings. The van der Waals surface area contributed by atoms with Crippen LogP contribution in [0.25, 0.3) is 0 Å². The first-order chi connectivity index (χ1) is 20.8. The first kappa shape index (κ1) is 26.9. The molecule has 0 saturated carbocycles. The summed E-state index contributed by atoms with van der Waals surface area (Å²) in [5.41, 5.74) is 6.93. The molecule has 5 aromatic rings. The maximum atomic E-state index is 5.89. The van der Waals surface area contributed by atoms with Crippen LogP contribution in [-0.4, -0.2) is 47.5 Å². The zero-order valence-electron chi connectivity index (χ0n) is 23.1. The molecule has 0 unspecified atom stereocenters. The fraction of sp³-hybridized carbons (Fsp3) is 0.152. The average molecular weight is 558 g/mol. The topological polar surface area (TPSA) is 88.0 Å². The van der Waals surface area contributed by atoms with Gasteiger partial charge >= 0.3 is 0 Å². The van der Waals surface area contributed by atoms with Gasteiger partial charge in [-0.05, 0) is 59.7 Å². The molecule has 42 heavy (non-hydrogen) atoms. The smallest absolute Gasteiger partial charge is 0.250 e. The summed E-state index contributed by atoms with van der Waals surface area (Å²) in [5.74, 6) is 2.19. The molecule has 0 atom stereocenters. The molecular weight excluding hydrogens is 526 g/mol. The van der Waals surface area contributed by atoms with E-state index in [-0.39, 0.29) is 0 Å². The Bertz CT molecular complexity index is 1540. The van der Waals surface area contributed by atoms with E-state index in [2.05, 4.69) is 15.4 Å². The van der Waals surface area contributed by atoms with Crippen molar-refractivity contribution >= 4 is 35.4 Å². The monoisotopic (exact) mass is 557 g/mol. The van der Waals surface area contributed by atoms with Gasteiger partial charge < -0.3 is 14.4 Å². The number of nitrogens with one attached hydrogen (secondary N) is 1. The fourth-order valence-electron chi connectivity index (χ4n) is 4.50. The second-order valence-corrected chi connectivity index (χ2v) is 9.58. The van der Waals surface area contributed by atoms with E-state index in [9.17, 15) is 0 Å². The molecule has 0 bridgehead atoms. The highest BCUT2D eigenvalue weighted by Gasteiger charge is 2.21. The first-order valence-corrected chi connectivity index (χ1v) is 13.9. The van der Waals surface area contributed by atoms with Crippen molar-refractivity contribution in [2.45, 2.75) is 6.61 Å². The van der Waals surface area contributed by atoms with Gasteiger partial charge in [0, 0.05) is 24.5 Å². The molecule has 2 heterocycles. The summed E-state index contributed by atoms with van der Waals surface area (Å²) >= 11 is 0. The third-order valence-corrected chi connectivity index (χ3v) is 6.64. The highest BCUT2D eigenvalue weighted by atomic mass is 16.5. The Morgan fingerprint density at radius 2 is 1.38 bits per heavy atom. The van der Waals surface area contributed by atoms with Crippen molar-refractivity contribution in [1.82, 2.24) is 15.0 Å². The summed E-state index contributed by atoms with van der Waals surface area (Å²) in [6.07, 6.45) is 1.73. The molecule has 0 spiro atoms. The number of ether oxygens (including phenoxy) is 2. The van der Waals surface area contributed by atoms with E-state index >= 15 is 0 Å². The van der Waals surface area contributed by atoms with Gasteiger partial charge in [-0.1, -0.05) is 66.7 Å². The third kappa shape index (κ3) is 6.89. The summed E-state index contributed by atoms with van der Waals surface area (Å²) in [5, 5.41) is 4.44. The van der Waals surface area contributed by atoms with Gasteiger partial charge in [0.05, 0.1) is 19.4 Å². The van der Waals surface area contributed by atoms with Crippen LogP contribution >= 0.6 is 0 Å². The summed E-state index contributed by atoms with van der Waals surface area (Å²) in [4.78, 5) is 18.5. The van der Waals surface area contributed by atoms with Crippen molar-refractivity contribution in [2.75, 3.05) is 41.5 Å². The normalized spacial score (nSPS) is 13.2. The van der Waals surface area contributed by atoms with Crippen molar-refractivity contribution in [3.8, 4) is 5.75 Å². The van der Waals surface area contributed by atoms with Crippen LogP contribution in [0.4, 0.5) is 29.2 Å². The summed E-state index contributed by atoms with van der Waals surface area (Å²) < 4.78 is 11.5. The molecule has 1 aromatic heterocycles. The average Bonchev–Trinajstić information content (AvgIpc) is 3.06. The molecule has 0 amide bonds. The minimum atomic E-state index is 0.345. The predicted octanol–water partition coefficient (Wildman–Crippen LogP) is 6.20. The molecule has 9 nitrogen and oxygen atoms in total. The van der Waals surface area contributed by atoms with Crippen LogP contribution in [-0.2, 0) is 11.3 Å². The summed E-state index contributed by atoms with van der Waals surface area (Å²) in [7, 11) is 0. The van der Waals surface area contributed by atoms with Crippen LogP contribution in [0.5, 0.6) is 5.75 Å². The Balaban J connectivity index is 1.24. The number of anilines is 5. The van der Waals surface area contributed by atoms with E-state index in [0.717, 1.165) is 28.3 Å². The van der Waals surface area contributed by atoms with E-state index in [0.29, 0.717) is 50.8 Å². The molecule has 1 aliphatic heterocycles. The van der Waals surface area contributed by atoms with Gasteiger partial charge in [-0.25, -0.2) is 5.43 Å². The van der Waals surface area contributed by atoms with Gasteiger partial charge in [0.25, 0.3) is 0 Å². The molecule has 0 radical (unpaired) electrons. The lowest BCUT2D eigenvalue weighted by atomic mass is 10.2. The number of morpholine rings is 1. The maximum Gasteiger partial charge on any atom is 0.250 e. The number of hydrogen-bond donors (Lipinski definition) is 1. The van der Waals surface area contributed by atoms with Crippen LogP contribution in [0.1, 0.15) is 11.1 Å². The van der Waals surface area contributed by atoms with E-state index in [4.69, 9.17) is 24.4 Å². The van der Waals surface area contributed by atoms with E-state index in [1.54, 1.807) is 6.21 Å². The number of rotatable bonds is 10. The summed E-state index contributed by atoms with van der Waals surface area (Å²) in [6, 6.07) is 38.0. The van der Waals surface area contributed by atoms with Crippen LogP contribution in [0.15, 0.2) is 120 Å². The van der Waals surface area contributed by atoms with Crippen molar-refractivity contribution in [3.63, 3.8) is 0 Å². The van der Waals surface area contributed by atoms with Crippen LogP contribution in [0.3, 0.4) is 0 Å². The standard InChI is InChI=1S/C33H31N7O2/c1-4-10-27(11-5-1)25-42-30-18-16-26(17-19-30)24-34-38-31-35-32(39-20-22-41-23-21-39)37-33(36-31)40(28-12-6-2-7-13-28)29-14-8-3-9-15-29/h1-19,24H,20-23,25H2,(H,35,36,37,38)/b34-24-. The molecule has 1 saturated heterocycles. The minimum absolute atomic E-state index is 0.345. The minimum Gasteiger partial charge on any atom is -0.489 e. The predicted molar refractivity (Wildman–Crippen MR) is 166 cm³/mol. The van der Waals surface area contributed by atoms with Crippen LogP contribution < -0.4 is 20.0 Å². The lowest BCUT2D eigenvalue weighted by Gasteiger charge is -2.28. The zero-order chi connectivity index (χ0) is 28.4. The Kier molecular flexibility index (Phi) is 8.58. The summed E-state index contributed by atoms with van der Waals surface area (Å²) in [6.45, 7) is 3.15. The van der Waals surface area contributed by atoms with Gasteiger partial charge in [-0.3, -0.25) is 4.90 Å². The Labute approximate surface area is 245 Å². The van der Waals surface area contributed by atoms with Gasteiger partial charge in [-0.2, -0.15) is 20.1 Å². The Morgan fingerprint density at radius 3 is 2.02 bits per heavy atom. The number of benzene rings is 4. The largest absolute Gasteiger partial charge is 0.489 e. The molecule has 6 rings (SSSR count). The van der Waals surface area contributed by atoms with Crippen LogP contribution in [0.2, 0.25) is 0 Å². The van der Waals surface area contributed by atoms with Crippen molar-refractivity contribution < 1.29 is 9.47 Å². The van der Waals surface area contributed by atoms with Crippen LogP contribution in [0, 0.1) is 0 Å². The van der Waals surface area contributed by atoms with Crippen molar-refractivity contribution in [2.24, 2.45) is 5.10 Å². The molecule has 210 valence electrons. The second kappa shape index (κ2) is 13.4. The van der Waals surface area contributed by atoms with Gasteiger partial charge in [0.1, 0.15) is 12.4 Å². The fourth-order valence-corrected chi connectivity index (χ4v) is 4.50. The Hall–Kier alpha value is -5.28. The molecule has 1 N–H and O–H groups in total. The van der Waals surface area contributed by atoms with E-state index in [1.807, 2.05) is 120 Å². The lowest BCUT2D eigenvalue weighted by Crippen LogP contribution is -2.37. The first-order valence-electron chi connectivity index (χ1n) is 13.9. The zero-order valence-corrected chi connectivity index (χ0v) is 23.1. The molecule has 1 aliphatic rings. The molecule has 0 aliphatic carbocycles. The second-order valence-electron chi connectivity index (χ2n) is 9.58. The lowest BCUT2D eigenvalue weighted by molar-refractivity contribution is 0.122. The van der Waals surface area contributed by atoms with Gasteiger partial charge in [0.15, 0.2) is 0 Å². The van der Waals surface area contributed by atoms with Gasteiger partial charge in [-0.15, -0.1) is 0 Å². The van der Waals surface area contributed by atoms with E-state index in [1.165, 1.54) is 0 Å². The molecule has 9 heteroatoms. The van der Waals surface area contributed by atoms with Crippen molar-refractivity contribution in [3.05, 3.63) is 126 Å². The number of para-hydroxylation sites is 2. The number of hydrogen-bond acceptors (Lipinski definition) is 9. The third-order valence-electron chi connectivity index (χ3n) is 6.64. The van der Waals surface area contributed by atoms with Crippen molar-refractivity contribution in [1.29, 1.82) is 0 Å². The quantitative estimate of drug-likeness (QED) is 0.160. The molecular formula is C33H31N7O2. The number of aromatic nitrogens is 3.